The number of hydrogen-bond donors (Lipinski definition) is 1. The van der Waals surface area contributed by atoms with Crippen LogP contribution in [0.3, 0.4) is 0 Å². The van der Waals surface area contributed by atoms with Gasteiger partial charge in [-0.15, -0.1) is 11.8 Å². The molecule has 0 saturated heterocycles. The lowest BCUT2D eigenvalue weighted by Gasteiger charge is -2.13. The van der Waals surface area contributed by atoms with Gasteiger partial charge in [-0.2, -0.15) is 0 Å². The molecule has 0 spiro atoms. The van der Waals surface area contributed by atoms with Crippen LogP contribution in [0.1, 0.15) is 38.3 Å². The maximum absolute atomic E-state index is 10.6. The number of rotatable bonds is 6. The van der Waals surface area contributed by atoms with Crippen molar-refractivity contribution in [3.63, 3.8) is 0 Å². The summed E-state index contributed by atoms with van der Waals surface area (Å²) >= 11 is 1.68. The molecule has 0 aliphatic rings. The van der Waals surface area contributed by atoms with Crippen LogP contribution in [0, 0.1) is 0 Å². The molecule has 0 bridgehead atoms. The minimum absolute atomic E-state index is 0.135. The maximum atomic E-state index is 10.6. The van der Waals surface area contributed by atoms with Gasteiger partial charge in [0.15, 0.2) is 0 Å². The van der Waals surface area contributed by atoms with Gasteiger partial charge in [0, 0.05) is 11.3 Å². The van der Waals surface area contributed by atoms with Gasteiger partial charge in [0.2, 0.25) is 0 Å². The van der Waals surface area contributed by atoms with Crippen molar-refractivity contribution in [1.82, 2.24) is 0 Å². The summed E-state index contributed by atoms with van der Waals surface area (Å²) in [5.41, 5.74) is 2.21. The number of ether oxygens (including phenoxy) is 1. The van der Waals surface area contributed by atoms with E-state index in [9.17, 15) is 4.79 Å². The van der Waals surface area contributed by atoms with Crippen molar-refractivity contribution in [2.24, 2.45) is 0 Å². The Labute approximate surface area is 120 Å². The van der Waals surface area contributed by atoms with Gasteiger partial charge in [0.25, 0.3) is 0 Å². The molecule has 0 aliphatic heterocycles. The van der Waals surface area contributed by atoms with E-state index in [-0.39, 0.29) is 6.42 Å². The van der Waals surface area contributed by atoms with E-state index in [1.165, 1.54) is 10.5 Å². The van der Waals surface area contributed by atoms with Crippen LogP contribution in [0.25, 0.3) is 0 Å². The Kier molecular flexibility index (Phi) is 9.13. The lowest BCUT2D eigenvalue weighted by Crippen LogP contribution is -2.01. The standard InChI is InChI=1S/C13H18O3S.C2H6/c1-4-9-7-11(16-2)10(5-6-13(14)15)8-12(9)17-3;1-2/h7-8H,4-6H2,1-3H3,(H,14,15);1-2H3. The van der Waals surface area contributed by atoms with Crippen LogP contribution in [0.15, 0.2) is 17.0 Å². The van der Waals surface area contributed by atoms with Crippen molar-refractivity contribution >= 4 is 17.7 Å². The summed E-state index contributed by atoms with van der Waals surface area (Å²) < 4.78 is 5.32. The third-order valence-corrected chi connectivity index (χ3v) is 3.49. The first kappa shape index (κ1) is 17.8. The molecule has 0 aliphatic carbocycles. The molecule has 0 unspecified atom stereocenters. The van der Waals surface area contributed by atoms with Crippen molar-refractivity contribution in [3.8, 4) is 5.75 Å². The van der Waals surface area contributed by atoms with Gasteiger partial charge in [-0.25, -0.2) is 0 Å². The lowest BCUT2D eigenvalue weighted by atomic mass is 10.0. The number of aliphatic carboxylic acids is 1. The average molecular weight is 284 g/mol. The molecule has 0 saturated carbocycles. The van der Waals surface area contributed by atoms with E-state index in [1.54, 1.807) is 18.9 Å². The molecule has 108 valence electrons. The third kappa shape index (κ3) is 5.55. The van der Waals surface area contributed by atoms with Gasteiger partial charge in [-0.3, -0.25) is 4.79 Å². The molecule has 19 heavy (non-hydrogen) atoms. The van der Waals surface area contributed by atoms with Crippen LogP contribution in [-0.4, -0.2) is 24.4 Å². The first-order chi connectivity index (χ1) is 9.12. The Bertz CT molecular complexity index is 403. The number of thioether (sulfide) groups is 1. The molecule has 1 aromatic rings. The Balaban J connectivity index is 0.00000154. The third-order valence-electron chi connectivity index (χ3n) is 2.67. The second-order valence-electron chi connectivity index (χ2n) is 3.72. The molecule has 0 heterocycles. The Hall–Kier alpha value is -1.16. The molecule has 0 fully saturated rings. The van der Waals surface area contributed by atoms with E-state index in [1.807, 2.05) is 32.2 Å². The molecule has 3 nitrogen and oxygen atoms in total. The van der Waals surface area contributed by atoms with Crippen LogP contribution in [0.2, 0.25) is 0 Å². The smallest absolute Gasteiger partial charge is 0.303 e. The van der Waals surface area contributed by atoms with Crippen LogP contribution in [0.5, 0.6) is 5.75 Å². The van der Waals surface area contributed by atoms with E-state index >= 15 is 0 Å². The minimum Gasteiger partial charge on any atom is -0.496 e. The molecule has 0 aromatic heterocycles. The Morgan fingerprint density at radius 2 is 1.95 bits per heavy atom. The molecule has 1 aromatic carbocycles. The average Bonchev–Trinajstić information content (AvgIpc) is 2.45. The highest BCUT2D eigenvalue weighted by molar-refractivity contribution is 7.98. The summed E-state index contributed by atoms with van der Waals surface area (Å²) in [5, 5.41) is 8.72. The van der Waals surface area contributed by atoms with Crippen molar-refractivity contribution in [1.29, 1.82) is 0 Å². The van der Waals surface area contributed by atoms with Crippen LogP contribution in [-0.2, 0) is 17.6 Å². The predicted molar refractivity (Wildman–Crippen MR) is 81.5 cm³/mol. The molecule has 0 amide bonds. The van der Waals surface area contributed by atoms with E-state index in [0.717, 1.165) is 17.7 Å². The molecule has 4 heteroatoms. The largest absolute Gasteiger partial charge is 0.496 e. The Morgan fingerprint density at radius 3 is 2.37 bits per heavy atom. The quantitative estimate of drug-likeness (QED) is 0.801. The van der Waals surface area contributed by atoms with E-state index in [2.05, 4.69) is 6.92 Å². The maximum Gasteiger partial charge on any atom is 0.303 e. The first-order valence-electron chi connectivity index (χ1n) is 6.57. The van der Waals surface area contributed by atoms with Gasteiger partial charge in [-0.05, 0) is 42.4 Å². The van der Waals surface area contributed by atoms with E-state index in [0.29, 0.717) is 6.42 Å². The van der Waals surface area contributed by atoms with Crippen molar-refractivity contribution in [2.45, 2.75) is 44.9 Å². The summed E-state index contributed by atoms with van der Waals surface area (Å²) in [6.07, 6.45) is 3.62. The summed E-state index contributed by atoms with van der Waals surface area (Å²) in [7, 11) is 1.62. The zero-order chi connectivity index (χ0) is 14.8. The second-order valence-corrected chi connectivity index (χ2v) is 4.57. The van der Waals surface area contributed by atoms with Crippen molar-refractivity contribution in [3.05, 3.63) is 23.3 Å². The van der Waals surface area contributed by atoms with Crippen LogP contribution >= 0.6 is 11.8 Å². The zero-order valence-electron chi connectivity index (χ0n) is 12.4. The fourth-order valence-corrected chi connectivity index (χ4v) is 2.46. The van der Waals surface area contributed by atoms with Crippen molar-refractivity contribution in [2.75, 3.05) is 13.4 Å². The van der Waals surface area contributed by atoms with Crippen LogP contribution < -0.4 is 4.74 Å². The molecule has 1 N–H and O–H groups in total. The van der Waals surface area contributed by atoms with Crippen molar-refractivity contribution < 1.29 is 14.6 Å². The SMILES string of the molecule is CC.CCc1cc(OC)c(CCC(=O)O)cc1SC. The summed E-state index contributed by atoms with van der Waals surface area (Å²) in [6, 6.07) is 4.06. The lowest BCUT2D eigenvalue weighted by molar-refractivity contribution is -0.136. The monoisotopic (exact) mass is 284 g/mol. The highest BCUT2D eigenvalue weighted by Crippen LogP contribution is 2.30. The van der Waals surface area contributed by atoms with Gasteiger partial charge >= 0.3 is 5.97 Å². The molecule has 0 atom stereocenters. The number of carboxylic acids is 1. The van der Waals surface area contributed by atoms with Gasteiger partial charge in [0.05, 0.1) is 7.11 Å². The number of benzene rings is 1. The van der Waals surface area contributed by atoms with Gasteiger partial charge in [-0.1, -0.05) is 20.8 Å². The number of hydrogen-bond acceptors (Lipinski definition) is 3. The molecule has 1 rings (SSSR count). The number of methoxy groups -OCH3 is 1. The Morgan fingerprint density at radius 1 is 1.32 bits per heavy atom. The normalized spacial score (nSPS) is 9.53. The highest BCUT2D eigenvalue weighted by atomic mass is 32.2. The number of carbonyl (C=O) groups is 1. The first-order valence-corrected chi connectivity index (χ1v) is 7.80. The molecule has 0 radical (unpaired) electrons. The fourth-order valence-electron chi connectivity index (χ4n) is 1.74. The number of carboxylic acid groups (broad SMARTS) is 1. The molecular weight excluding hydrogens is 260 g/mol. The van der Waals surface area contributed by atoms with Crippen LogP contribution in [0.4, 0.5) is 0 Å². The topological polar surface area (TPSA) is 46.5 Å². The zero-order valence-corrected chi connectivity index (χ0v) is 13.3. The fraction of sp³-hybridized carbons (Fsp3) is 0.533. The summed E-state index contributed by atoms with van der Waals surface area (Å²) in [6.45, 7) is 6.10. The second kappa shape index (κ2) is 9.73. The predicted octanol–water partition coefficient (Wildman–Crippen LogP) is 4.02. The molecular formula is C15H24O3S. The highest BCUT2D eigenvalue weighted by Gasteiger charge is 2.10. The van der Waals surface area contributed by atoms with E-state index in [4.69, 9.17) is 9.84 Å². The minimum atomic E-state index is -0.780. The van der Waals surface area contributed by atoms with Gasteiger partial charge in [0.1, 0.15) is 5.75 Å². The summed E-state index contributed by atoms with van der Waals surface area (Å²) in [5.74, 6) is 0.0122. The van der Waals surface area contributed by atoms with E-state index < -0.39 is 5.97 Å². The number of aryl methyl sites for hydroxylation is 2. The van der Waals surface area contributed by atoms with Gasteiger partial charge < -0.3 is 9.84 Å². The summed E-state index contributed by atoms with van der Waals surface area (Å²) in [4.78, 5) is 11.8.